The predicted octanol–water partition coefficient (Wildman–Crippen LogP) is 6.78. The Morgan fingerprint density at radius 1 is 1.03 bits per heavy atom. The average Bonchev–Trinajstić information content (AvgIpc) is 3.23. The number of carboxylic acids is 1. The summed E-state index contributed by atoms with van der Waals surface area (Å²) in [6.07, 6.45) is 0.212. The predicted molar refractivity (Wildman–Crippen MR) is 131 cm³/mol. The van der Waals surface area contributed by atoms with Crippen LogP contribution in [0, 0.1) is 6.92 Å². The molecule has 0 aliphatic heterocycles. The SMILES string of the molecule is COc1ccc(-c2[nH]c(CC(C(=O)O)c3cccc(C)c3)nc2-c2ccc(Cl)c(Cl)c2)cc1. The number of ether oxygens (including phenoxy) is 1. The van der Waals surface area contributed by atoms with Crippen LogP contribution < -0.4 is 4.74 Å². The molecule has 0 amide bonds. The zero-order chi connectivity index (χ0) is 23.5. The smallest absolute Gasteiger partial charge is 0.311 e. The van der Waals surface area contributed by atoms with Crippen LogP contribution in [0.15, 0.2) is 66.7 Å². The number of H-pyrrole nitrogens is 1. The number of rotatable bonds is 7. The number of carboxylic acid groups (broad SMARTS) is 1. The lowest BCUT2D eigenvalue weighted by molar-refractivity contribution is -0.138. The van der Waals surface area contributed by atoms with Gasteiger partial charge in [-0.25, -0.2) is 4.98 Å². The van der Waals surface area contributed by atoms with Crippen molar-refractivity contribution in [3.8, 4) is 28.3 Å². The van der Waals surface area contributed by atoms with Crippen LogP contribution in [0.4, 0.5) is 0 Å². The first-order valence-corrected chi connectivity index (χ1v) is 11.1. The molecule has 0 aliphatic rings. The first-order chi connectivity index (χ1) is 15.9. The molecule has 0 radical (unpaired) electrons. The number of nitrogens with zero attached hydrogens (tertiary/aromatic N) is 1. The van der Waals surface area contributed by atoms with Crippen molar-refractivity contribution in [3.05, 3.63) is 93.7 Å². The van der Waals surface area contributed by atoms with E-state index >= 15 is 0 Å². The van der Waals surface area contributed by atoms with E-state index in [9.17, 15) is 9.90 Å². The van der Waals surface area contributed by atoms with E-state index in [-0.39, 0.29) is 6.42 Å². The van der Waals surface area contributed by atoms with Crippen LogP contribution in [0.5, 0.6) is 5.75 Å². The fraction of sp³-hybridized carbons (Fsp3) is 0.154. The molecule has 0 saturated carbocycles. The maximum atomic E-state index is 12.1. The van der Waals surface area contributed by atoms with Gasteiger partial charge in [0.05, 0.1) is 34.5 Å². The van der Waals surface area contributed by atoms with Crippen molar-refractivity contribution < 1.29 is 14.6 Å². The van der Waals surface area contributed by atoms with E-state index in [4.69, 9.17) is 32.9 Å². The summed E-state index contributed by atoms with van der Waals surface area (Å²) in [5, 5.41) is 10.8. The summed E-state index contributed by atoms with van der Waals surface area (Å²) in [5.74, 6) is -0.337. The van der Waals surface area contributed by atoms with Gasteiger partial charge in [-0.2, -0.15) is 0 Å². The lowest BCUT2D eigenvalue weighted by atomic mass is 9.94. The van der Waals surface area contributed by atoms with Crippen LogP contribution in [0.3, 0.4) is 0 Å². The largest absolute Gasteiger partial charge is 0.497 e. The van der Waals surface area contributed by atoms with Crippen molar-refractivity contribution in [2.75, 3.05) is 7.11 Å². The lowest BCUT2D eigenvalue weighted by Gasteiger charge is -2.12. The van der Waals surface area contributed by atoms with Gasteiger partial charge in [0.25, 0.3) is 0 Å². The van der Waals surface area contributed by atoms with E-state index in [1.54, 1.807) is 19.2 Å². The number of aromatic nitrogens is 2. The molecule has 0 aliphatic carbocycles. The number of hydrogen-bond acceptors (Lipinski definition) is 3. The molecule has 4 aromatic rings. The summed E-state index contributed by atoms with van der Waals surface area (Å²) in [6, 6.07) is 20.4. The summed E-state index contributed by atoms with van der Waals surface area (Å²) in [4.78, 5) is 20.2. The first kappa shape index (κ1) is 22.9. The summed E-state index contributed by atoms with van der Waals surface area (Å²) in [6.45, 7) is 1.94. The number of imidazole rings is 1. The molecule has 1 heterocycles. The van der Waals surface area contributed by atoms with Crippen LogP contribution in [0.1, 0.15) is 22.9 Å². The molecular formula is C26H22Cl2N2O3. The number of aryl methyl sites for hydroxylation is 1. The molecule has 4 rings (SSSR count). The van der Waals surface area contributed by atoms with Crippen LogP contribution in [-0.2, 0) is 11.2 Å². The maximum absolute atomic E-state index is 12.1. The monoisotopic (exact) mass is 480 g/mol. The highest BCUT2D eigenvalue weighted by Gasteiger charge is 2.24. The molecule has 168 valence electrons. The summed E-state index contributed by atoms with van der Waals surface area (Å²) >= 11 is 12.4. The Labute approximate surface area is 202 Å². The van der Waals surface area contributed by atoms with Crippen LogP contribution in [0.2, 0.25) is 10.0 Å². The first-order valence-electron chi connectivity index (χ1n) is 10.3. The minimum Gasteiger partial charge on any atom is -0.497 e. The average molecular weight is 481 g/mol. The van der Waals surface area contributed by atoms with Crippen molar-refractivity contribution in [1.29, 1.82) is 0 Å². The van der Waals surface area contributed by atoms with Gasteiger partial charge in [0, 0.05) is 17.5 Å². The van der Waals surface area contributed by atoms with Crippen molar-refractivity contribution in [1.82, 2.24) is 9.97 Å². The number of benzene rings is 3. The van der Waals surface area contributed by atoms with E-state index in [1.165, 1.54) is 0 Å². The van der Waals surface area contributed by atoms with Gasteiger partial charge in [-0.05, 0) is 48.9 Å². The normalized spacial score (nSPS) is 11.9. The second kappa shape index (κ2) is 9.69. The second-order valence-electron chi connectivity index (χ2n) is 7.77. The highest BCUT2D eigenvalue weighted by Crippen LogP contribution is 2.35. The Balaban J connectivity index is 1.79. The summed E-state index contributed by atoms with van der Waals surface area (Å²) in [5.41, 5.74) is 4.84. The third-order valence-electron chi connectivity index (χ3n) is 5.46. The summed E-state index contributed by atoms with van der Waals surface area (Å²) < 4.78 is 5.27. The number of methoxy groups -OCH3 is 1. The van der Waals surface area contributed by atoms with Crippen molar-refractivity contribution in [3.63, 3.8) is 0 Å². The molecule has 5 nitrogen and oxygen atoms in total. The quantitative estimate of drug-likeness (QED) is 0.305. The maximum Gasteiger partial charge on any atom is 0.311 e. The Bertz CT molecular complexity index is 1300. The van der Waals surface area contributed by atoms with Crippen molar-refractivity contribution in [2.24, 2.45) is 0 Å². The van der Waals surface area contributed by atoms with Crippen LogP contribution in [0.25, 0.3) is 22.5 Å². The van der Waals surface area contributed by atoms with Crippen molar-refractivity contribution in [2.45, 2.75) is 19.3 Å². The molecule has 33 heavy (non-hydrogen) atoms. The zero-order valence-corrected chi connectivity index (χ0v) is 19.6. The number of aromatic amines is 1. The highest BCUT2D eigenvalue weighted by molar-refractivity contribution is 6.42. The molecule has 0 saturated heterocycles. The number of nitrogens with one attached hydrogen (secondary N) is 1. The number of carbonyl (C=O) groups is 1. The lowest BCUT2D eigenvalue weighted by Crippen LogP contribution is -2.15. The van der Waals surface area contributed by atoms with Gasteiger partial charge < -0.3 is 14.8 Å². The Kier molecular flexibility index (Phi) is 6.72. The molecule has 1 unspecified atom stereocenters. The number of hydrogen-bond donors (Lipinski definition) is 2. The summed E-state index contributed by atoms with van der Waals surface area (Å²) in [7, 11) is 1.61. The van der Waals surface area contributed by atoms with Crippen LogP contribution >= 0.6 is 23.2 Å². The fourth-order valence-corrected chi connectivity index (χ4v) is 4.06. The standard InChI is InChI=1S/C26H22Cl2N2O3/c1-15-4-3-5-17(12-15)20(26(31)32)14-23-29-24(16-6-9-19(33-2)10-7-16)25(30-23)18-8-11-21(27)22(28)13-18/h3-13,20H,14H2,1-2H3,(H,29,30)(H,31,32). The van der Waals surface area contributed by atoms with E-state index in [0.717, 1.165) is 33.7 Å². The van der Waals surface area contributed by atoms with Gasteiger partial charge in [-0.1, -0.05) is 59.1 Å². The van der Waals surface area contributed by atoms with Gasteiger partial charge in [0.2, 0.25) is 0 Å². The van der Waals surface area contributed by atoms with E-state index in [1.807, 2.05) is 61.5 Å². The van der Waals surface area contributed by atoms with E-state index < -0.39 is 11.9 Å². The van der Waals surface area contributed by atoms with E-state index in [0.29, 0.717) is 21.6 Å². The van der Waals surface area contributed by atoms with Gasteiger partial charge in [0.15, 0.2) is 0 Å². The van der Waals surface area contributed by atoms with E-state index in [2.05, 4.69) is 4.98 Å². The fourth-order valence-electron chi connectivity index (χ4n) is 3.77. The number of aliphatic carboxylic acids is 1. The third-order valence-corrected chi connectivity index (χ3v) is 6.20. The molecule has 7 heteroatoms. The molecule has 2 N–H and O–H groups in total. The molecule has 0 bridgehead atoms. The Morgan fingerprint density at radius 2 is 1.76 bits per heavy atom. The van der Waals surface area contributed by atoms with Crippen molar-refractivity contribution >= 4 is 29.2 Å². The zero-order valence-electron chi connectivity index (χ0n) is 18.1. The molecule has 0 fully saturated rings. The Morgan fingerprint density at radius 3 is 2.39 bits per heavy atom. The van der Waals surface area contributed by atoms with Gasteiger partial charge in [-0.15, -0.1) is 0 Å². The van der Waals surface area contributed by atoms with Gasteiger partial charge >= 0.3 is 5.97 Å². The topological polar surface area (TPSA) is 75.2 Å². The minimum atomic E-state index is -0.904. The van der Waals surface area contributed by atoms with Crippen LogP contribution in [-0.4, -0.2) is 28.2 Å². The molecule has 0 spiro atoms. The second-order valence-corrected chi connectivity index (χ2v) is 8.59. The Hall–Kier alpha value is -3.28. The molecular weight excluding hydrogens is 459 g/mol. The number of halogens is 2. The molecule has 1 atom stereocenters. The van der Waals surface area contributed by atoms with Gasteiger partial charge in [-0.3, -0.25) is 4.79 Å². The van der Waals surface area contributed by atoms with Gasteiger partial charge in [0.1, 0.15) is 11.6 Å². The molecule has 1 aromatic heterocycles. The minimum absolute atomic E-state index is 0.212. The molecule has 3 aromatic carbocycles. The highest BCUT2D eigenvalue weighted by atomic mass is 35.5. The third kappa shape index (κ3) is 5.05.